The zero-order valence-corrected chi connectivity index (χ0v) is 35.0. The third-order valence-electron chi connectivity index (χ3n) is 10.9. The van der Waals surface area contributed by atoms with Crippen molar-refractivity contribution >= 4 is 37.2 Å². The van der Waals surface area contributed by atoms with Crippen molar-refractivity contribution in [2.24, 2.45) is 23.0 Å². The summed E-state index contributed by atoms with van der Waals surface area (Å²) in [6.45, 7) is 22.2. The molecule has 0 aromatic heterocycles. The molecule has 6 rings (SSSR count). The van der Waals surface area contributed by atoms with Gasteiger partial charge in [0.05, 0.1) is 31.2 Å². The van der Waals surface area contributed by atoms with Gasteiger partial charge in [-0.3, -0.25) is 9.59 Å². The van der Waals surface area contributed by atoms with E-state index >= 15 is 0 Å². The number of benzene rings is 1. The van der Waals surface area contributed by atoms with E-state index in [0.717, 1.165) is 12.8 Å². The quantitative estimate of drug-likeness (QED) is 0.123. The number of hydrogen-bond acceptors (Lipinski definition) is 12. The van der Waals surface area contributed by atoms with Gasteiger partial charge >= 0.3 is 25.3 Å². The van der Waals surface area contributed by atoms with E-state index in [4.69, 9.17) is 38.7 Å². The highest BCUT2D eigenvalue weighted by Crippen LogP contribution is 2.65. The fourth-order valence-electron chi connectivity index (χ4n) is 8.12. The molecular formula is C40H60BN3O12. The summed E-state index contributed by atoms with van der Waals surface area (Å²) < 4.78 is 41.7. The smallest absolute Gasteiger partial charge is 0.486 e. The molecule has 1 aromatic rings. The van der Waals surface area contributed by atoms with Crippen molar-refractivity contribution in [2.45, 2.75) is 156 Å². The fraction of sp³-hybridized carbons (Fsp3) is 0.725. The first-order valence-electron chi connectivity index (χ1n) is 19.5. The first kappa shape index (κ1) is 43.1. The molecule has 0 radical (unpaired) electrons. The Morgan fingerprint density at radius 1 is 0.929 bits per heavy atom. The van der Waals surface area contributed by atoms with E-state index in [2.05, 4.69) is 26.1 Å². The van der Waals surface area contributed by atoms with Gasteiger partial charge in [0.25, 0.3) is 0 Å². The van der Waals surface area contributed by atoms with Crippen LogP contribution in [-0.2, 0) is 39.5 Å². The molecule has 2 saturated heterocycles. The van der Waals surface area contributed by atoms with Crippen LogP contribution < -0.4 is 20.5 Å². The predicted molar refractivity (Wildman–Crippen MR) is 205 cm³/mol. The van der Waals surface area contributed by atoms with Gasteiger partial charge in [0.1, 0.15) is 40.3 Å². The molecule has 5 atom stereocenters. The zero-order chi connectivity index (χ0) is 41.8. The van der Waals surface area contributed by atoms with Crippen LogP contribution in [0.4, 0.5) is 9.59 Å². The van der Waals surface area contributed by atoms with Crippen molar-refractivity contribution < 1.29 is 57.0 Å². The number of carbonyl (C=O) groups excluding carboxylic acids is 5. The van der Waals surface area contributed by atoms with Crippen LogP contribution in [0.3, 0.4) is 0 Å². The Balaban J connectivity index is 1.35. The van der Waals surface area contributed by atoms with Crippen molar-refractivity contribution in [3.8, 4) is 11.5 Å². The van der Waals surface area contributed by atoms with Crippen molar-refractivity contribution in [2.75, 3.05) is 13.1 Å². The second-order valence-electron chi connectivity index (χ2n) is 19.3. The van der Waals surface area contributed by atoms with E-state index in [1.165, 1.54) is 4.90 Å². The molecule has 2 heterocycles. The number of esters is 1. The molecule has 310 valence electrons. The fourth-order valence-corrected chi connectivity index (χ4v) is 8.12. The lowest BCUT2D eigenvalue weighted by atomic mass is 9.43. The van der Waals surface area contributed by atoms with E-state index in [0.29, 0.717) is 30.1 Å². The Morgan fingerprint density at radius 3 is 2.12 bits per heavy atom. The third kappa shape index (κ3) is 9.90. The summed E-state index contributed by atoms with van der Waals surface area (Å²) in [5.74, 6) is -1.13. The van der Waals surface area contributed by atoms with Crippen LogP contribution in [0, 0.1) is 17.3 Å². The molecule has 3 amide bonds. The lowest BCUT2D eigenvalue weighted by Gasteiger charge is -2.64. The van der Waals surface area contributed by atoms with Crippen LogP contribution in [0.25, 0.3) is 0 Å². The normalized spacial score (nSPS) is 24.8. The summed E-state index contributed by atoms with van der Waals surface area (Å²) in [6.07, 6.45) is -0.0520. The number of hydrogen-bond donors (Lipinski definition) is 2. The zero-order valence-electron chi connectivity index (χ0n) is 35.0. The highest BCUT2D eigenvalue weighted by Gasteiger charge is 2.67. The van der Waals surface area contributed by atoms with Gasteiger partial charge in [0.15, 0.2) is 5.75 Å². The Bertz CT molecular complexity index is 1710. The molecule has 5 fully saturated rings. The minimum absolute atomic E-state index is 0.00768. The van der Waals surface area contributed by atoms with Crippen molar-refractivity contribution in [3.05, 3.63) is 23.3 Å². The molecular weight excluding hydrogens is 725 g/mol. The minimum Gasteiger partial charge on any atom is -0.486 e. The molecule has 16 heteroatoms. The van der Waals surface area contributed by atoms with E-state index in [1.807, 2.05) is 0 Å². The summed E-state index contributed by atoms with van der Waals surface area (Å²) in [6, 6.07) is 2.04. The van der Waals surface area contributed by atoms with Crippen molar-refractivity contribution in [1.82, 2.24) is 10.2 Å². The summed E-state index contributed by atoms with van der Waals surface area (Å²) >= 11 is 0. The average Bonchev–Trinajstić information content (AvgIpc) is 3.34. The number of aryl methyl sites for hydroxylation is 1. The highest BCUT2D eigenvalue weighted by molar-refractivity contribution is 6.45. The predicted octanol–water partition coefficient (Wildman–Crippen LogP) is 5.58. The number of likely N-dealkylation sites (tertiary alicyclic amines) is 1. The topological polar surface area (TPSA) is 191 Å². The van der Waals surface area contributed by atoms with Gasteiger partial charge in [-0.25, -0.2) is 14.4 Å². The number of nitrogens with two attached hydrogens (primary N) is 1. The SMILES string of the molecule is CC(C)(C)OC(=O)N[C@H](CC(=O)N1CC(Oc2ccc(CCB3O[C@@H]4C[C@@H]5C[C@@H](C5(C)C)[C@]4(C)O3)c(OC(=O)OC(C)(C)C)c2C(=O)OC(C)(C)C)C1)C(N)=O. The van der Waals surface area contributed by atoms with Gasteiger partial charge in [0.2, 0.25) is 11.8 Å². The first-order valence-corrected chi connectivity index (χ1v) is 19.5. The van der Waals surface area contributed by atoms with Gasteiger partial charge in [-0.05, 0) is 124 Å². The molecule has 5 aliphatic rings. The maximum absolute atomic E-state index is 14.0. The van der Waals surface area contributed by atoms with E-state index in [1.54, 1.807) is 74.4 Å². The third-order valence-corrected chi connectivity index (χ3v) is 10.9. The van der Waals surface area contributed by atoms with Gasteiger partial charge in [-0.15, -0.1) is 0 Å². The molecule has 0 unspecified atom stereocenters. The minimum atomic E-state index is -1.29. The summed E-state index contributed by atoms with van der Waals surface area (Å²) in [5, 5.41) is 2.35. The molecule has 15 nitrogen and oxygen atoms in total. The van der Waals surface area contributed by atoms with Crippen molar-refractivity contribution in [1.29, 1.82) is 0 Å². The maximum Gasteiger partial charge on any atom is 0.514 e. The largest absolute Gasteiger partial charge is 0.514 e. The van der Waals surface area contributed by atoms with E-state index in [9.17, 15) is 24.0 Å². The summed E-state index contributed by atoms with van der Waals surface area (Å²) in [4.78, 5) is 66.1. The Labute approximate surface area is 330 Å². The number of rotatable bonds is 11. The summed E-state index contributed by atoms with van der Waals surface area (Å²) in [5.41, 5.74) is 3.04. The molecule has 1 aromatic carbocycles. The molecule has 3 saturated carbocycles. The number of nitrogens with one attached hydrogen (secondary N) is 1. The lowest BCUT2D eigenvalue weighted by Crippen LogP contribution is -2.65. The second kappa shape index (κ2) is 15.4. The number of alkyl carbamates (subject to hydrolysis) is 1. The molecule has 56 heavy (non-hydrogen) atoms. The first-order chi connectivity index (χ1) is 25.6. The van der Waals surface area contributed by atoms with Gasteiger partial charge in [-0.2, -0.15) is 0 Å². The Morgan fingerprint density at radius 2 is 1.55 bits per heavy atom. The lowest BCUT2D eigenvalue weighted by molar-refractivity contribution is -0.199. The maximum atomic E-state index is 14.0. The second-order valence-corrected chi connectivity index (χ2v) is 19.3. The van der Waals surface area contributed by atoms with Crippen LogP contribution in [0.15, 0.2) is 12.1 Å². The number of primary amides is 1. The molecule has 2 bridgehead atoms. The van der Waals surface area contributed by atoms with Crippen LogP contribution in [0.5, 0.6) is 11.5 Å². The monoisotopic (exact) mass is 785 g/mol. The standard InChI is InChI=1S/C40H60BN3O12/c1-36(2,3)52-33(47)30-26(50-24-20-44(21-24)29(45)19-25(32(42)46)43-34(48)53-37(4,5)6)14-13-22(31(30)51-35(49)54-38(7,8)9)15-16-41-55-28-18-23-17-27(39(23,10)11)40(28,12)56-41/h13-14,23-25,27-28H,15-21H2,1-12H3,(H2,42,46)(H,43,48)/t23-,25+,27-,28+,40-/m0/s1. The Hall–Kier alpha value is -4.05. The highest BCUT2D eigenvalue weighted by atomic mass is 16.7. The van der Waals surface area contributed by atoms with E-state index < -0.39 is 71.7 Å². The number of amides is 3. The van der Waals surface area contributed by atoms with E-state index in [-0.39, 0.29) is 48.1 Å². The Kier molecular flexibility index (Phi) is 11.8. The average molecular weight is 786 g/mol. The van der Waals surface area contributed by atoms with Gasteiger partial charge < -0.3 is 48.9 Å². The van der Waals surface area contributed by atoms with Gasteiger partial charge in [0, 0.05) is 0 Å². The molecule has 3 aliphatic carbocycles. The van der Waals surface area contributed by atoms with Crippen LogP contribution >= 0.6 is 0 Å². The summed E-state index contributed by atoms with van der Waals surface area (Å²) in [7, 11) is -0.498. The molecule has 2 aliphatic heterocycles. The van der Waals surface area contributed by atoms with Gasteiger partial charge in [-0.1, -0.05) is 19.9 Å². The van der Waals surface area contributed by atoms with Crippen molar-refractivity contribution in [3.63, 3.8) is 0 Å². The number of carbonyl (C=O) groups is 5. The van der Waals surface area contributed by atoms with Crippen LogP contribution in [0.1, 0.15) is 118 Å². The molecule has 3 N–H and O–H groups in total. The van der Waals surface area contributed by atoms with Crippen LogP contribution in [-0.4, -0.2) is 95.8 Å². The van der Waals surface area contributed by atoms with Crippen LogP contribution in [0.2, 0.25) is 6.32 Å². The molecule has 0 spiro atoms. The number of ether oxygens (including phenoxy) is 5. The number of nitrogens with zero attached hydrogens (tertiary/aromatic N) is 1.